The molecule has 104 valence electrons. The lowest BCUT2D eigenvalue weighted by atomic mass is 10.1. The van der Waals surface area contributed by atoms with Crippen LogP contribution in [0.2, 0.25) is 0 Å². The highest BCUT2D eigenvalue weighted by Gasteiger charge is 2.03. The van der Waals surface area contributed by atoms with Crippen molar-refractivity contribution >= 4 is 27.6 Å². The summed E-state index contributed by atoms with van der Waals surface area (Å²) in [5, 5.41) is 11.9. The quantitative estimate of drug-likeness (QED) is 0.871. The molecule has 0 saturated carbocycles. The van der Waals surface area contributed by atoms with Crippen LogP contribution >= 0.6 is 15.9 Å². The SMILES string of the molecule is O=C(O)Cc1ccc(CNc2ccc(F)cc2Br)cc1. The lowest BCUT2D eigenvalue weighted by Crippen LogP contribution is -2.02. The number of nitrogens with one attached hydrogen (secondary N) is 1. The van der Waals surface area contributed by atoms with Gasteiger partial charge in [-0.15, -0.1) is 0 Å². The van der Waals surface area contributed by atoms with E-state index in [1.165, 1.54) is 12.1 Å². The third kappa shape index (κ3) is 4.06. The van der Waals surface area contributed by atoms with E-state index < -0.39 is 5.97 Å². The summed E-state index contributed by atoms with van der Waals surface area (Å²) in [6.45, 7) is 0.581. The molecule has 0 heterocycles. The molecule has 0 aliphatic rings. The molecule has 0 aromatic heterocycles. The van der Waals surface area contributed by atoms with E-state index in [1.807, 2.05) is 12.1 Å². The molecule has 3 nitrogen and oxygen atoms in total. The van der Waals surface area contributed by atoms with Gasteiger partial charge in [-0.1, -0.05) is 24.3 Å². The Morgan fingerprint density at radius 3 is 2.40 bits per heavy atom. The minimum atomic E-state index is -0.842. The summed E-state index contributed by atoms with van der Waals surface area (Å²) < 4.78 is 13.6. The summed E-state index contributed by atoms with van der Waals surface area (Å²) in [5.41, 5.74) is 2.60. The molecule has 0 aliphatic carbocycles. The average Bonchev–Trinajstić information content (AvgIpc) is 2.39. The molecule has 20 heavy (non-hydrogen) atoms. The topological polar surface area (TPSA) is 49.3 Å². The van der Waals surface area contributed by atoms with Crippen LogP contribution in [0.15, 0.2) is 46.9 Å². The van der Waals surface area contributed by atoms with Gasteiger partial charge in [0.25, 0.3) is 0 Å². The van der Waals surface area contributed by atoms with Gasteiger partial charge >= 0.3 is 5.97 Å². The molecular weight excluding hydrogens is 325 g/mol. The fraction of sp³-hybridized carbons (Fsp3) is 0.133. The molecule has 2 aromatic carbocycles. The second-order valence-electron chi connectivity index (χ2n) is 4.36. The molecule has 0 radical (unpaired) electrons. The summed E-state index contributed by atoms with van der Waals surface area (Å²) >= 11 is 3.29. The third-order valence-electron chi connectivity index (χ3n) is 2.79. The van der Waals surface area contributed by atoms with Gasteiger partial charge in [-0.25, -0.2) is 4.39 Å². The number of carboxylic acid groups (broad SMARTS) is 1. The van der Waals surface area contributed by atoms with Crippen LogP contribution in [-0.4, -0.2) is 11.1 Å². The molecule has 0 fully saturated rings. The summed E-state index contributed by atoms with van der Waals surface area (Å²) in [6, 6.07) is 11.8. The van der Waals surface area contributed by atoms with Gasteiger partial charge in [-0.05, 0) is 45.3 Å². The van der Waals surface area contributed by atoms with Crippen LogP contribution in [0.5, 0.6) is 0 Å². The van der Waals surface area contributed by atoms with E-state index in [2.05, 4.69) is 21.2 Å². The zero-order valence-corrected chi connectivity index (χ0v) is 12.2. The fourth-order valence-corrected chi connectivity index (χ4v) is 2.27. The van der Waals surface area contributed by atoms with Gasteiger partial charge in [-0.3, -0.25) is 4.79 Å². The van der Waals surface area contributed by atoms with E-state index in [0.29, 0.717) is 11.0 Å². The van der Waals surface area contributed by atoms with Crippen molar-refractivity contribution in [3.63, 3.8) is 0 Å². The normalized spacial score (nSPS) is 10.3. The van der Waals surface area contributed by atoms with Crippen LogP contribution in [-0.2, 0) is 17.8 Å². The maximum absolute atomic E-state index is 13.0. The largest absolute Gasteiger partial charge is 0.481 e. The number of hydrogen-bond acceptors (Lipinski definition) is 2. The molecule has 0 amide bonds. The fourth-order valence-electron chi connectivity index (χ4n) is 1.78. The number of halogens is 2. The van der Waals surface area contributed by atoms with Crippen LogP contribution in [0.25, 0.3) is 0 Å². The first-order valence-electron chi connectivity index (χ1n) is 6.03. The standard InChI is InChI=1S/C15H13BrFNO2/c16-13-8-12(17)5-6-14(13)18-9-11-3-1-10(2-4-11)7-15(19)20/h1-6,8,18H,7,9H2,(H,19,20). The smallest absolute Gasteiger partial charge is 0.307 e. The lowest BCUT2D eigenvalue weighted by molar-refractivity contribution is -0.136. The highest BCUT2D eigenvalue weighted by atomic mass is 79.9. The Hall–Kier alpha value is -1.88. The zero-order chi connectivity index (χ0) is 14.5. The molecule has 2 aromatic rings. The Labute approximate surface area is 124 Å². The first kappa shape index (κ1) is 14.5. The van der Waals surface area contributed by atoms with E-state index in [0.717, 1.165) is 16.8 Å². The molecule has 0 saturated heterocycles. The molecule has 0 bridgehead atoms. The number of carbonyl (C=O) groups is 1. The van der Waals surface area contributed by atoms with Crippen molar-refractivity contribution in [2.45, 2.75) is 13.0 Å². The molecule has 0 unspecified atom stereocenters. The Morgan fingerprint density at radius 1 is 1.15 bits per heavy atom. The maximum atomic E-state index is 13.0. The highest BCUT2D eigenvalue weighted by Crippen LogP contribution is 2.23. The number of anilines is 1. The average molecular weight is 338 g/mol. The van der Waals surface area contributed by atoms with E-state index in [4.69, 9.17) is 5.11 Å². The van der Waals surface area contributed by atoms with E-state index in [9.17, 15) is 9.18 Å². The number of benzene rings is 2. The Kier molecular flexibility index (Phi) is 4.74. The predicted octanol–water partition coefficient (Wildman–Crippen LogP) is 3.83. The van der Waals surface area contributed by atoms with E-state index in [-0.39, 0.29) is 12.2 Å². The van der Waals surface area contributed by atoms with Crippen LogP contribution in [0.1, 0.15) is 11.1 Å². The van der Waals surface area contributed by atoms with Crippen LogP contribution in [0.3, 0.4) is 0 Å². The summed E-state index contributed by atoms with van der Waals surface area (Å²) in [6.07, 6.45) is 0.0250. The molecular formula is C15H13BrFNO2. The maximum Gasteiger partial charge on any atom is 0.307 e. The predicted molar refractivity (Wildman–Crippen MR) is 79.2 cm³/mol. The van der Waals surface area contributed by atoms with Crippen molar-refractivity contribution in [2.24, 2.45) is 0 Å². The summed E-state index contributed by atoms with van der Waals surface area (Å²) in [7, 11) is 0. The van der Waals surface area contributed by atoms with Gasteiger partial charge in [0.15, 0.2) is 0 Å². The zero-order valence-electron chi connectivity index (χ0n) is 10.6. The van der Waals surface area contributed by atoms with Crippen molar-refractivity contribution in [3.05, 3.63) is 63.9 Å². The first-order valence-corrected chi connectivity index (χ1v) is 6.82. The Balaban J connectivity index is 1.98. The highest BCUT2D eigenvalue weighted by molar-refractivity contribution is 9.10. The van der Waals surface area contributed by atoms with Gasteiger partial charge in [0, 0.05) is 16.7 Å². The second-order valence-corrected chi connectivity index (χ2v) is 5.22. The third-order valence-corrected chi connectivity index (χ3v) is 3.45. The van der Waals surface area contributed by atoms with E-state index in [1.54, 1.807) is 18.2 Å². The molecule has 2 N–H and O–H groups in total. The van der Waals surface area contributed by atoms with Crippen molar-refractivity contribution in [3.8, 4) is 0 Å². The minimum absolute atomic E-state index is 0.0250. The first-order chi connectivity index (χ1) is 9.54. The van der Waals surface area contributed by atoms with Crippen molar-refractivity contribution in [1.82, 2.24) is 0 Å². The van der Waals surface area contributed by atoms with Crippen LogP contribution in [0.4, 0.5) is 10.1 Å². The number of hydrogen-bond donors (Lipinski definition) is 2. The molecule has 0 aliphatic heterocycles. The summed E-state index contributed by atoms with van der Waals surface area (Å²) in [5.74, 6) is -1.13. The number of rotatable bonds is 5. The number of carboxylic acids is 1. The summed E-state index contributed by atoms with van der Waals surface area (Å²) in [4.78, 5) is 10.6. The molecule has 5 heteroatoms. The minimum Gasteiger partial charge on any atom is -0.481 e. The molecule has 2 rings (SSSR count). The van der Waals surface area contributed by atoms with Gasteiger partial charge in [-0.2, -0.15) is 0 Å². The van der Waals surface area contributed by atoms with Gasteiger partial charge in [0.05, 0.1) is 6.42 Å². The van der Waals surface area contributed by atoms with Crippen molar-refractivity contribution in [2.75, 3.05) is 5.32 Å². The van der Waals surface area contributed by atoms with Crippen molar-refractivity contribution in [1.29, 1.82) is 0 Å². The van der Waals surface area contributed by atoms with Crippen LogP contribution < -0.4 is 5.32 Å². The van der Waals surface area contributed by atoms with Crippen molar-refractivity contribution < 1.29 is 14.3 Å². The second kappa shape index (κ2) is 6.52. The van der Waals surface area contributed by atoms with Gasteiger partial charge in [0.2, 0.25) is 0 Å². The Bertz CT molecular complexity index is 614. The van der Waals surface area contributed by atoms with Gasteiger partial charge in [0.1, 0.15) is 5.82 Å². The molecule has 0 spiro atoms. The monoisotopic (exact) mass is 337 g/mol. The van der Waals surface area contributed by atoms with Gasteiger partial charge < -0.3 is 10.4 Å². The van der Waals surface area contributed by atoms with E-state index >= 15 is 0 Å². The molecule has 0 atom stereocenters. The van der Waals surface area contributed by atoms with Crippen LogP contribution in [0, 0.1) is 5.82 Å². The Morgan fingerprint density at radius 2 is 1.80 bits per heavy atom. The number of aliphatic carboxylic acids is 1. The lowest BCUT2D eigenvalue weighted by Gasteiger charge is -2.09.